The highest BCUT2D eigenvalue weighted by Gasteiger charge is 2.06. The largest absolute Gasteiger partial charge is 0.273 e. The summed E-state index contributed by atoms with van der Waals surface area (Å²) in [5, 5.41) is 17.0. The Kier molecular flexibility index (Phi) is 4.72. The lowest BCUT2D eigenvalue weighted by Gasteiger charge is -1.97. The van der Waals surface area contributed by atoms with Gasteiger partial charge in [0.2, 0.25) is 5.91 Å². The van der Waals surface area contributed by atoms with Gasteiger partial charge in [0.1, 0.15) is 5.01 Å². The van der Waals surface area contributed by atoms with Gasteiger partial charge in [-0.1, -0.05) is 12.1 Å². The van der Waals surface area contributed by atoms with Crippen LogP contribution in [0.2, 0.25) is 0 Å². The number of hydrogen-bond acceptors (Lipinski definition) is 6. The summed E-state index contributed by atoms with van der Waals surface area (Å²) in [5.74, 6) is -0.286. The van der Waals surface area contributed by atoms with Crippen molar-refractivity contribution in [1.82, 2.24) is 10.4 Å². The lowest BCUT2D eigenvalue weighted by Crippen LogP contribution is -2.19. The lowest BCUT2D eigenvalue weighted by molar-refractivity contribution is -0.384. The maximum atomic E-state index is 11.6. The molecule has 108 valence electrons. The number of hydrogen-bond donors (Lipinski definition) is 1. The van der Waals surface area contributed by atoms with E-state index in [0.29, 0.717) is 5.56 Å². The Hall–Kier alpha value is -2.61. The van der Waals surface area contributed by atoms with Crippen molar-refractivity contribution in [2.45, 2.75) is 13.3 Å². The molecule has 2 rings (SSSR count). The molecule has 0 aliphatic heterocycles. The van der Waals surface area contributed by atoms with Crippen LogP contribution in [0.25, 0.3) is 0 Å². The number of nitro benzene ring substituents is 1. The van der Waals surface area contributed by atoms with Gasteiger partial charge < -0.3 is 0 Å². The van der Waals surface area contributed by atoms with Gasteiger partial charge in [0.15, 0.2) is 0 Å². The molecule has 21 heavy (non-hydrogen) atoms. The smallest absolute Gasteiger partial charge is 0.270 e. The van der Waals surface area contributed by atoms with Gasteiger partial charge in [0, 0.05) is 28.8 Å². The molecular weight excluding hydrogens is 292 g/mol. The zero-order valence-electron chi connectivity index (χ0n) is 11.1. The van der Waals surface area contributed by atoms with Crippen molar-refractivity contribution < 1.29 is 9.72 Å². The Morgan fingerprint density at radius 1 is 1.57 bits per heavy atom. The van der Waals surface area contributed by atoms with E-state index in [4.69, 9.17) is 0 Å². The summed E-state index contributed by atoms with van der Waals surface area (Å²) in [4.78, 5) is 25.9. The first-order valence-electron chi connectivity index (χ1n) is 6.02. The summed E-state index contributed by atoms with van der Waals surface area (Å²) >= 11 is 1.41. The van der Waals surface area contributed by atoms with E-state index in [1.165, 1.54) is 29.7 Å². The first-order chi connectivity index (χ1) is 10.0. The van der Waals surface area contributed by atoms with Crippen LogP contribution >= 0.6 is 11.3 Å². The number of rotatable bonds is 5. The third kappa shape index (κ3) is 4.46. The van der Waals surface area contributed by atoms with E-state index in [-0.39, 0.29) is 18.0 Å². The summed E-state index contributed by atoms with van der Waals surface area (Å²) in [6, 6.07) is 5.98. The topological polar surface area (TPSA) is 97.5 Å². The van der Waals surface area contributed by atoms with Crippen molar-refractivity contribution in [1.29, 1.82) is 0 Å². The SMILES string of the molecule is Cc1csc(CC(=O)N/N=C\c2cccc([N+](=O)[O-])c2)n1. The molecule has 0 saturated carbocycles. The predicted molar refractivity (Wildman–Crippen MR) is 79.4 cm³/mol. The maximum absolute atomic E-state index is 11.6. The molecule has 7 nitrogen and oxygen atoms in total. The number of nitrogens with one attached hydrogen (secondary N) is 1. The highest BCUT2D eigenvalue weighted by atomic mass is 32.1. The van der Waals surface area contributed by atoms with Crippen molar-refractivity contribution >= 4 is 29.1 Å². The number of carbonyl (C=O) groups is 1. The zero-order valence-corrected chi connectivity index (χ0v) is 12.0. The first kappa shape index (κ1) is 14.8. The average molecular weight is 304 g/mol. The second-order valence-electron chi connectivity index (χ2n) is 4.20. The standard InChI is InChI=1S/C13H12N4O3S/c1-9-8-21-13(15-9)6-12(18)16-14-7-10-3-2-4-11(5-10)17(19)20/h2-5,7-8H,6H2,1H3,(H,16,18)/b14-7-. The number of amides is 1. The summed E-state index contributed by atoms with van der Waals surface area (Å²) in [6.07, 6.45) is 1.52. The lowest BCUT2D eigenvalue weighted by atomic mass is 10.2. The molecule has 1 heterocycles. The molecule has 1 aromatic carbocycles. The Morgan fingerprint density at radius 2 is 2.38 bits per heavy atom. The molecule has 0 atom stereocenters. The molecule has 1 amide bonds. The number of thiazole rings is 1. The van der Waals surface area contributed by atoms with Crippen molar-refractivity contribution in [2.24, 2.45) is 5.10 Å². The molecular formula is C13H12N4O3S. The first-order valence-corrected chi connectivity index (χ1v) is 6.90. The van der Waals surface area contributed by atoms with Crippen LogP contribution in [-0.4, -0.2) is 22.0 Å². The van der Waals surface area contributed by atoms with E-state index in [9.17, 15) is 14.9 Å². The minimum absolute atomic E-state index is 0.0245. The van der Waals surface area contributed by atoms with Crippen molar-refractivity contribution in [2.75, 3.05) is 0 Å². The zero-order chi connectivity index (χ0) is 15.2. The second-order valence-corrected chi connectivity index (χ2v) is 5.15. The fourth-order valence-electron chi connectivity index (χ4n) is 1.56. The Morgan fingerprint density at radius 3 is 3.05 bits per heavy atom. The van der Waals surface area contributed by atoms with E-state index in [0.717, 1.165) is 10.7 Å². The molecule has 0 fully saturated rings. The van der Waals surface area contributed by atoms with Gasteiger partial charge in [-0.15, -0.1) is 11.3 Å². The highest BCUT2D eigenvalue weighted by Crippen LogP contribution is 2.11. The van der Waals surface area contributed by atoms with E-state index in [2.05, 4.69) is 15.5 Å². The van der Waals surface area contributed by atoms with Crippen LogP contribution < -0.4 is 5.43 Å². The van der Waals surface area contributed by atoms with E-state index >= 15 is 0 Å². The monoisotopic (exact) mass is 304 g/mol. The highest BCUT2D eigenvalue weighted by molar-refractivity contribution is 7.09. The third-order valence-electron chi connectivity index (χ3n) is 2.46. The molecule has 0 aliphatic rings. The molecule has 1 N–H and O–H groups in total. The van der Waals surface area contributed by atoms with Crippen LogP contribution in [0.1, 0.15) is 16.3 Å². The van der Waals surface area contributed by atoms with E-state index in [1.54, 1.807) is 12.1 Å². The average Bonchev–Trinajstić information content (AvgIpc) is 2.84. The van der Waals surface area contributed by atoms with Crippen LogP contribution in [0, 0.1) is 17.0 Å². The van der Waals surface area contributed by atoms with Crippen molar-refractivity contribution in [3.8, 4) is 0 Å². The van der Waals surface area contributed by atoms with Crippen LogP contribution in [0.4, 0.5) is 5.69 Å². The number of hydrazone groups is 1. The Bertz CT molecular complexity index is 696. The fraction of sp³-hybridized carbons (Fsp3) is 0.154. The molecule has 0 spiro atoms. The molecule has 0 aliphatic carbocycles. The van der Waals surface area contributed by atoms with E-state index < -0.39 is 4.92 Å². The minimum Gasteiger partial charge on any atom is -0.273 e. The van der Waals surface area contributed by atoms with Gasteiger partial charge in [0.25, 0.3) is 5.69 Å². The van der Waals surface area contributed by atoms with Gasteiger partial charge >= 0.3 is 0 Å². The van der Waals surface area contributed by atoms with Crippen LogP contribution in [0.15, 0.2) is 34.7 Å². The van der Waals surface area contributed by atoms with Gasteiger partial charge in [-0.25, -0.2) is 10.4 Å². The fourth-order valence-corrected chi connectivity index (χ4v) is 2.33. The Labute approximate surface area is 124 Å². The third-order valence-corrected chi connectivity index (χ3v) is 3.43. The number of benzene rings is 1. The normalized spacial score (nSPS) is 10.7. The molecule has 1 aromatic heterocycles. The number of carbonyl (C=O) groups excluding carboxylic acids is 1. The molecule has 0 unspecified atom stereocenters. The van der Waals surface area contributed by atoms with Gasteiger partial charge in [0.05, 0.1) is 17.6 Å². The van der Waals surface area contributed by atoms with Crippen molar-refractivity contribution in [3.63, 3.8) is 0 Å². The molecule has 2 aromatic rings. The quantitative estimate of drug-likeness (QED) is 0.519. The summed E-state index contributed by atoms with van der Waals surface area (Å²) < 4.78 is 0. The van der Waals surface area contributed by atoms with Gasteiger partial charge in [-0.3, -0.25) is 14.9 Å². The maximum Gasteiger partial charge on any atom is 0.270 e. The van der Waals surface area contributed by atoms with Gasteiger partial charge in [-0.2, -0.15) is 5.10 Å². The molecule has 0 bridgehead atoms. The number of aryl methyl sites for hydroxylation is 1. The number of nitro groups is 1. The number of nitrogens with zero attached hydrogens (tertiary/aromatic N) is 3. The van der Waals surface area contributed by atoms with Crippen LogP contribution in [-0.2, 0) is 11.2 Å². The Balaban J connectivity index is 1.91. The number of non-ortho nitro benzene ring substituents is 1. The minimum atomic E-state index is -0.485. The second kappa shape index (κ2) is 6.71. The van der Waals surface area contributed by atoms with E-state index in [1.807, 2.05) is 12.3 Å². The number of aromatic nitrogens is 1. The molecule has 0 radical (unpaired) electrons. The predicted octanol–water partition coefficient (Wildman–Crippen LogP) is 2.05. The van der Waals surface area contributed by atoms with Gasteiger partial charge in [-0.05, 0) is 6.92 Å². The van der Waals surface area contributed by atoms with Crippen LogP contribution in [0.5, 0.6) is 0 Å². The van der Waals surface area contributed by atoms with Crippen molar-refractivity contribution in [3.05, 3.63) is 56.0 Å². The summed E-state index contributed by atoms with van der Waals surface area (Å²) in [5.41, 5.74) is 3.75. The molecule has 0 saturated heterocycles. The van der Waals surface area contributed by atoms with Crippen LogP contribution in [0.3, 0.4) is 0 Å². The molecule has 8 heteroatoms. The summed E-state index contributed by atoms with van der Waals surface area (Å²) in [7, 11) is 0. The summed E-state index contributed by atoms with van der Waals surface area (Å²) in [6.45, 7) is 1.86.